The van der Waals surface area contributed by atoms with E-state index in [1.807, 2.05) is 0 Å². The largest absolute Gasteiger partial charge is 0.0776 e. The molecule has 0 aliphatic heterocycles. The second-order valence-corrected chi connectivity index (χ2v) is 2.14. The Morgan fingerprint density at radius 1 is 1.38 bits per heavy atom. The normalized spacial score (nSPS) is 16.8. The zero-order valence-electron chi connectivity index (χ0n) is 4.86. The second-order valence-electron chi connectivity index (χ2n) is 2.14. The lowest BCUT2D eigenvalue weighted by molar-refractivity contribution is 1.25. The highest BCUT2D eigenvalue weighted by molar-refractivity contribution is 5.29. The lowest BCUT2D eigenvalue weighted by atomic mass is 10.3. The Labute approximate surface area is 51.9 Å². The molecule has 0 heteroatoms. The predicted molar refractivity (Wildman–Crippen MR) is 38.9 cm³/mol. The van der Waals surface area contributed by atoms with Crippen LogP contribution in [0.5, 0.6) is 0 Å². The molecule has 0 atom stereocenters. The molecule has 0 spiro atoms. The van der Waals surface area contributed by atoms with E-state index in [0.29, 0.717) is 0 Å². The number of hydrogen-bond acceptors (Lipinski definition) is 0. The highest BCUT2D eigenvalue weighted by Crippen LogP contribution is 2.14. The summed E-state index contributed by atoms with van der Waals surface area (Å²) in [5.41, 5.74) is 2.90. The molecule has 0 bridgehead atoms. The molecule has 1 rings (SSSR count). The summed E-state index contributed by atoms with van der Waals surface area (Å²) in [4.78, 5) is 0. The van der Waals surface area contributed by atoms with Gasteiger partial charge in [0.1, 0.15) is 0 Å². The summed E-state index contributed by atoms with van der Waals surface area (Å²) in [6, 6.07) is 0. The zero-order valence-corrected chi connectivity index (χ0v) is 4.86. The molecular formula is C8H14. The number of allylic oxidation sites excluding steroid dienone is 4. The lowest BCUT2D eigenvalue weighted by Crippen LogP contribution is -1.59. The number of rotatable bonds is 0. The Kier molecular flexibility index (Phi) is 2.53. The van der Waals surface area contributed by atoms with Crippen LogP contribution in [0.2, 0.25) is 0 Å². The molecule has 0 N–H and O–H groups in total. The lowest BCUT2D eigenvalue weighted by Gasteiger charge is -1.79. The Morgan fingerprint density at radius 3 is 2.12 bits per heavy atom. The van der Waals surface area contributed by atoms with Gasteiger partial charge in [-0.15, -0.1) is 0 Å². The van der Waals surface area contributed by atoms with Crippen molar-refractivity contribution in [1.82, 2.24) is 0 Å². The molecule has 0 radical (unpaired) electrons. The van der Waals surface area contributed by atoms with Crippen LogP contribution in [-0.4, -0.2) is 0 Å². The average Bonchev–Trinajstić information content (AvgIpc) is 1.87. The highest BCUT2D eigenvalue weighted by Gasteiger charge is 1.94. The van der Waals surface area contributed by atoms with Crippen molar-refractivity contribution in [2.75, 3.05) is 0 Å². The van der Waals surface area contributed by atoms with Crippen molar-refractivity contribution >= 4 is 0 Å². The van der Waals surface area contributed by atoms with Crippen molar-refractivity contribution in [3.05, 3.63) is 23.3 Å². The monoisotopic (exact) mass is 110 g/mol. The van der Waals surface area contributed by atoms with Gasteiger partial charge in [-0.2, -0.15) is 0 Å². The van der Waals surface area contributed by atoms with Gasteiger partial charge in [0.25, 0.3) is 0 Å². The van der Waals surface area contributed by atoms with Gasteiger partial charge in [-0.1, -0.05) is 30.7 Å². The van der Waals surface area contributed by atoms with Gasteiger partial charge in [0.15, 0.2) is 0 Å². The molecular weight excluding hydrogens is 96.1 g/mol. The molecule has 0 aromatic rings. The molecule has 1 aliphatic rings. The fraction of sp³-hybridized carbons (Fsp3) is 0.500. The third-order valence-electron chi connectivity index (χ3n) is 1.22. The van der Waals surface area contributed by atoms with E-state index in [9.17, 15) is 0 Å². The van der Waals surface area contributed by atoms with Crippen LogP contribution in [0.15, 0.2) is 23.3 Å². The van der Waals surface area contributed by atoms with Crippen molar-refractivity contribution in [2.24, 2.45) is 0 Å². The van der Waals surface area contributed by atoms with Gasteiger partial charge in [-0.3, -0.25) is 0 Å². The standard InChI is InChI=1S/C7H10.CH4/c1-6-3-4-7(2)5-6;/h3,5H,4H2,1-2H3;1H4. The summed E-state index contributed by atoms with van der Waals surface area (Å²) < 4.78 is 0. The first-order chi connectivity index (χ1) is 3.29. The van der Waals surface area contributed by atoms with Crippen LogP contribution in [0.4, 0.5) is 0 Å². The third kappa shape index (κ3) is 1.53. The molecule has 0 aromatic carbocycles. The Bertz CT molecular complexity index is 127. The van der Waals surface area contributed by atoms with Crippen molar-refractivity contribution in [1.29, 1.82) is 0 Å². The van der Waals surface area contributed by atoms with Crippen molar-refractivity contribution < 1.29 is 0 Å². The maximum absolute atomic E-state index is 2.25. The average molecular weight is 110 g/mol. The Morgan fingerprint density at radius 2 is 2.00 bits per heavy atom. The van der Waals surface area contributed by atoms with E-state index >= 15 is 0 Å². The summed E-state index contributed by atoms with van der Waals surface area (Å²) in [5, 5.41) is 0. The summed E-state index contributed by atoms with van der Waals surface area (Å²) in [6.45, 7) is 4.30. The van der Waals surface area contributed by atoms with Crippen molar-refractivity contribution in [3.8, 4) is 0 Å². The summed E-state index contributed by atoms with van der Waals surface area (Å²) >= 11 is 0. The highest BCUT2D eigenvalue weighted by atomic mass is 14.0. The van der Waals surface area contributed by atoms with E-state index in [2.05, 4.69) is 26.0 Å². The Hall–Kier alpha value is -0.520. The molecule has 0 saturated heterocycles. The molecule has 0 heterocycles. The van der Waals surface area contributed by atoms with Crippen LogP contribution in [0.25, 0.3) is 0 Å². The van der Waals surface area contributed by atoms with E-state index in [0.717, 1.165) is 0 Å². The smallest absolute Gasteiger partial charge is 0.0133 e. The zero-order chi connectivity index (χ0) is 5.28. The minimum Gasteiger partial charge on any atom is -0.0776 e. The topological polar surface area (TPSA) is 0 Å². The Balaban J connectivity index is 0.000000490. The van der Waals surface area contributed by atoms with Crippen LogP contribution in [0, 0.1) is 0 Å². The predicted octanol–water partition coefficient (Wildman–Crippen LogP) is 2.92. The van der Waals surface area contributed by atoms with Gasteiger partial charge in [0, 0.05) is 0 Å². The van der Waals surface area contributed by atoms with Crippen molar-refractivity contribution in [2.45, 2.75) is 27.7 Å². The first kappa shape index (κ1) is 7.48. The quantitative estimate of drug-likeness (QED) is 0.449. The van der Waals surface area contributed by atoms with Crippen LogP contribution in [0.1, 0.15) is 27.7 Å². The van der Waals surface area contributed by atoms with E-state index in [1.165, 1.54) is 17.6 Å². The molecule has 0 amide bonds. The third-order valence-corrected chi connectivity index (χ3v) is 1.22. The molecule has 8 heavy (non-hydrogen) atoms. The van der Waals surface area contributed by atoms with Gasteiger partial charge >= 0.3 is 0 Å². The van der Waals surface area contributed by atoms with Crippen LogP contribution < -0.4 is 0 Å². The van der Waals surface area contributed by atoms with Gasteiger partial charge in [-0.05, 0) is 20.3 Å². The molecule has 0 fully saturated rings. The van der Waals surface area contributed by atoms with E-state index in [-0.39, 0.29) is 7.43 Å². The number of hydrogen-bond donors (Lipinski definition) is 0. The minimum atomic E-state index is 0. The van der Waals surface area contributed by atoms with E-state index in [4.69, 9.17) is 0 Å². The second kappa shape index (κ2) is 2.71. The molecule has 0 unspecified atom stereocenters. The molecule has 0 nitrogen and oxygen atoms in total. The summed E-state index contributed by atoms with van der Waals surface area (Å²) in [7, 11) is 0. The first-order valence-electron chi connectivity index (χ1n) is 2.63. The summed E-state index contributed by atoms with van der Waals surface area (Å²) in [5.74, 6) is 0. The minimum absolute atomic E-state index is 0. The van der Waals surface area contributed by atoms with Crippen molar-refractivity contribution in [3.63, 3.8) is 0 Å². The van der Waals surface area contributed by atoms with Crippen LogP contribution >= 0.6 is 0 Å². The molecule has 46 valence electrons. The van der Waals surface area contributed by atoms with Gasteiger partial charge in [-0.25, -0.2) is 0 Å². The maximum atomic E-state index is 2.25. The fourth-order valence-electron chi connectivity index (χ4n) is 0.828. The fourth-order valence-corrected chi connectivity index (χ4v) is 0.828. The van der Waals surface area contributed by atoms with E-state index in [1.54, 1.807) is 0 Å². The molecule has 1 aliphatic carbocycles. The SMILES string of the molecule is C.CC1=CCC(C)=C1. The van der Waals surface area contributed by atoms with Crippen LogP contribution in [-0.2, 0) is 0 Å². The molecule has 0 aromatic heterocycles. The first-order valence-corrected chi connectivity index (χ1v) is 2.63. The van der Waals surface area contributed by atoms with Gasteiger partial charge in [0.05, 0.1) is 0 Å². The van der Waals surface area contributed by atoms with E-state index < -0.39 is 0 Å². The van der Waals surface area contributed by atoms with Gasteiger partial charge < -0.3 is 0 Å². The van der Waals surface area contributed by atoms with Gasteiger partial charge in [0.2, 0.25) is 0 Å². The summed E-state index contributed by atoms with van der Waals surface area (Å²) in [6.07, 6.45) is 5.64. The van der Waals surface area contributed by atoms with Crippen LogP contribution in [0.3, 0.4) is 0 Å². The molecule has 0 saturated carbocycles. The maximum Gasteiger partial charge on any atom is -0.0133 e.